The van der Waals surface area contributed by atoms with Crippen LogP contribution >= 0.6 is 12.4 Å². The van der Waals surface area contributed by atoms with Gasteiger partial charge in [0.25, 0.3) is 0 Å². The van der Waals surface area contributed by atoms with E-state index in [1.165, 1.54) is 4.90 Å². The van der Waals surface area contributed by atoms with E-state index >= 15 is 0 Å². The van der Waals surface area contributed by atoms with E-state index in [-0.39, 0.29) is 12.4 Å². The maximum atomic E-state index is 10.8. The third kappa shape index (κ3) is 1.67. The van der Waals surface area contributed by atoms with Crippen molar-refractivity contribution in [1.82, 2.24) is 9.47 Å². The van der Waals surface area contributed by atoms with Crippen molar-refractivity contribution >= 4 is 24.6 Å². The van der Waals surface area contributed by atoms with Gasteiger partial charge in [-0.2, -0.15) is 0 Å². The molecule has 2 N–H and O–H groups in total. The van der Waals surface area contributed by atoms with Crippen molar-refractivity contribution in [3.05, 3.63) is 30.2 Å². The fraction of sp³-hybridized carbons (Fsp3) is 0.125. The normalized spacial score (nSPS) is 13.4. The van der Waals surface area contributed by atoms with Crippen LogP contribution in [0.2, 0.25) is 0 Å². The Morgan fingerprint density at radius 1 is 1.46 bits per heavy atom. The van der Waals surface area contributed by atoms with Crippen molar-refractivity contribution in [1.29, 1.82) is 0 Å². The maximum Gasteiger partial charge on any atom is 0.319 e. The number of amides is 2. The molecule has 0 unspecified atom stereocenters. The predicted octanol–water partition coefficient (Wildman–Crippen LogP) is 1.23. The number of nitrogens with two attached hydrogens (primary N) is 1. The number of urea groups is 1. The van der Waals surface area contributed by atoms with Crippen LogP contribution in [0.1, 0.15) is 5.69 Å². The van der Waals surface area contributed by atoms with Gasteiger partial charge in [-0.1, -0.05) is 0 Å². The summed E-state index contributed by atoms with van der Waals surface area (Å²) >= 11 is 0. The molecule has 0 aromatic carbocycles. The van der Waals surface area contributed by atoms with Gasteiger partial charge in [0.05, 0.1) is 6.54 Å². The highest BCUT2D eigenvalue weighted by atomic mass is 35.5. The minimum Gasteiger partial charge on any atom is -0.351 e. The van der Waals surface area contributed by atoms with Gasteiger partial charge >= 0.3 is 6.03 Å². The fourth-order valence-corrected chi connectivity index (χ4v) is 1.24. The van der Waals surface area contributed by atoms with E-state index in [4.69, 9.17) is 5.73 Å². The molecule has 1 aliphatic rings. The zero-order valence-corrected chi connectivity index (χ0v) is 7.70. The second-order valence-electron chi connectivity index (χ2n) is 2.67. The smallest absolute Gasteiger partial charge is 0.319 e. The van der Waals surface area contributed by atoms with E-state index < -0.39 is 6.03 Å². The van der Waals surface area contributed by atoms with E-state index in [2.05, 4.69) is 0 Å². The summed E-state index contributed by atoms with van der Waals surface area (Å²) in [6, 6.07) is 3.47. The summed E-state index contributed by atoms with van der Waals surface area (Å²) in [7, 11) is 0. The summed E-state index contributed by atoms with van der Waals surface area (Å²) in [4.78, 5) is 12.2. The first-order valence-electron chi connectivity index (χ1n) is 3.67. The van der Waals surface area contributed by atoms with Crippen molar-refractivity contribution in [2.24, 2.45) is 5.73 Å². The molecular weight excluding hydrogens is 190 g/mol. The summed E-state index contributed by atoms with van der Waals surface area (Å²) in [6.45, 7) is 0.554. The van der Waals surface area contributed by atoms with Gasteiger partial charge in [-0.25, -0.2) is 4.79 Å². The first kappa shape index (κ1) is 9.67. The minimum atomic E-state index is -0.418. The summed E-state index contributed by atoms with van der Waals surface area (Å²) < 4.78 is 1.96. The Kier molecular flexibility index (Phi) is 2.63. The van der Waals surface area contributed by atoms with Gasteiger partial charge in [0, 0.05) is 24.3 Å². The molecule has 0 bridgehead atoms. The van der Waals surface area contributed by atoms with Crippen molar-refractivity contribution in [2.75, 3.05) is 0 Å². The Hall–Kier alpha value is -1.42. The van der Waals surface area contributed by atoms with Gasteiger partial charge in [0.1, 0.15) is 0 Å². The lowest BCUT2D eigenvalue weighted by atomic mass is 10.3. The molecule has 0 atom stereocenters. The monoisotopic (exact) mass is 199 g/mol. The van der Waals surface area contributed by atoms with E-state index in [1.807, 2.05) is 29.1 Å². The number of hydrogen-bond acceptors (Lipinski definition) is 1. The van der Waals surface area contributed by atoms with Crippen molar-refractivity contribution in [3.63, 3.8) is 0 Å². The van der Waals surface area contributed by atoms with Crippen LogP contribution in [0.5, 0.6) is 0 Å². The molecule has 4 nitrogen and oxygen atoms in total. The van der Waals surface area contributed by atoms with Crippen LogP contribution in [0.3, 0.4) is 0 Å². The number of hydrogen-bond donors (Lipinski definition) is 1. The zero-order chi connectivity index (χ0) is 8.55. The molecule has 0 saturated carbocycles. The maximum absolute atomic E-state index is 10.8. The van der Waals surface area contributed by atoms with Crippen LogP contribution in [0, 0.1) is 0 Å². The Labute approximate surface area is 82.0 Å². The largest absolute Gasteiger partial charge is 0.351 e. The summed E-state index contributed by atoms with van der Waals surface area (Å²) in [6.07, 6.45) is 5.42. The lowest BCUT2D eigenvalue weighted by Crippen LogP contribution is -2.32. The molecule has 2 amide bonds. The van der Waals surface area contributed by atoms with Gasteiger partial charge in [0.2, 0.25) is 0 Å². The molecule has 1 aliphatic heterocycles. The van der Waals surface area contributed by atoms with E-state index in [9.17, 15) is 4.79 Å². The molecule has 0 aliphatic carbocycles. The summed E-state index contributed by atoms with van der Waals surface area (Å²) in [5, 5.41) is 0. The number of aromatic nitrogens is 1. The number of fused-ring (bicyclic) bond motifs is 1. The molecule has 1 aromatic rings. The molecule has 0 saturated heterocycles. The van der Waals surface area contributed by atoms with Gasteiger partial charge in [-0.05, 0) is 12.1 Å². The molecule has 2 heterocycles. The molecule has 0 spiro atoms. The highest BCUT2D eigenvalue weighted by Crippen LogP contribution is 2.12. The van der Waals surface area contributed by atoms with Crippen LogP contribution in [0.25, 0.3) is 6.20 Å². The molecule has 0 radical (unpaired) electrons. The predicted molar refractivity (Wildman–Crippen MR) is 52.1 cm³/mol. The zero-order valence-electron chi connectivity index (χ0n) is 6.88. The van der Waals surface area contributed by atoms with Crippen LogP contribution < -0.4 is 5.73 Å². The lowest BCUT2D eigenvalue weighted by Gasteiger charge is -2.20. The molecule has 2 rings (SSSR count). The molecule has 5 heteroatoms. The molecule has 0 fully saturated rings. The van der Waals surface area contributed by atoms with Gasteiger partial charge in [0.15, 0.2) is 0 Å². The number of halogens is 1. The van der Waals surface area contributed by atoms with Crippen molar-refractivity contribution in [3.8, 4) is 0 Å². The number of carbonyl (C=O) groups excluding carboxylic acids is 1. The Morgan fingerprint density at radius 3 is 2.92 bits per heavy atom. The topological polar surface area (TPSA) is 51.3 Å². The third-order valence-corrected chi connectivity index (χ3v) is 1.89. The lowest BCUT2D eigenvalue weighted by molar-refractivity contribution is 0.222. The second kappa shape index (κ2) is 3.53. The highest BCUT2D eigenvalue weighted by Gasteiger charge is 2.12. The number of carbonyl (C=O) groups is 1. The molecule has 1 aromatic heterocycles. The van der Waals surface area contributed by atoms with Gasteiger partial charge < -0.3 is 10.3 Å². The van der Waals surface area contributed by atoms with Gasteiger partial charge in [-0.3, -0.25) is 4.90 Å². The van der Waals surface area contributed by atoms with E-state index in [1.54, 1.807) is 6.20 Å². The molecule has 70 valence electrons. The molecule has 13 heavy (non-hydrogen) atoms. The first-order chi connectivity index (χ1) is 5.77. The van der Waals surface area contributed by atoms with Gasteiger partial charge in [-0.15, -0.1) is 12.4 Å². The molecular formula is C8H10ClN3O. The quantitative estimate of drug-likeness (QED) is 0.672. The SMILES string of the molecule is Cl.NC(=O)N1C=Cn2cccc2C1. The number of rotatable bonds is 0. The summed E-state index contributed by atoms with van der Waals surface area (Å²) in [5.41, 5.74) is 6.19. The Bertz CT molecular complexity index is 345. The Morgan fingerprint density at radius 2 is 2.23 bits per heavy atom. The third-order valence-electron chi connectivity index (χ3n) is 1.89. The van der Waals surface area contributed by atoms with E-state index in [0.717, 1.165) is 5.69 Å². The fourth-order valence-electron chi connectivity index (χ4n) is 1.24. The minimum absolute atomic E-state index is 0. The summed E-state index contributed by atoms with van der Waals surface area (Å²) in [5.74, 6) is 0. The standard InChI is InChI=1S/C8H9N3O.ClH/c9-8(12)11-5-4-10-3-1-2-7(10)6-11;/h1-5H,6H2,(H2,9,12);1H. The number of nitrogens with zero attached hydrogens (tertiary/aromatic N) is 2. The van der Waals surface area contributed by atoms with E-state index in [0.29, 0.717) is 6.54 Å². The van der Waals surface area contributed by atoms with Crippen LogP contribution in [0.15, 0.2) is 24.5 Å². The Balaban J connectivity index is 0.000000845. The van der Waals surface area contributed by atoms with Crippen LogP contribution in [-0.4, -0.2) is 15.5 Å². The first-order valence-corrected chi connectivity index (χ1v) is 3.67. The van der Waals surface area contributed by atoms with Crippen LogP contribution in [-0.2, 0) is 6.54 Å². The second-order valence-corrected chi connectivity index (χ2v) is 2.67. The average molecular weight is 200 g/mol. The van der Waals surface area contributed by atoms with Crippen molar-refractivity contribution in [2.45, 2.75) is 6.54 Å². The highest BCUT2D eigenvalue weighted by molar-refractivity contribution is 5.85. The van der Waals surface area contributed by atoms with Crippen molar-refractivity contribution < 1.29 is 4.79 Å². The van der Waals surface area contributed by atoms with Crippen LogP contribution in [0.4, 0.5) is 4.79 Å². The number of primary amides is 1. The average Bonchev–Trinajstić information content (AvgIpc) is 2.49.